The molecule has 2 amide bonds. The molecule has 7 heteroatoms. The van der Waals surface area contributed by atoms with E-state index in [9.17, 15) is 9.59 Å². The molecule has 0 aliphatic heterocycles. The standard InChI is InChI=1S/C29H32Cl2N2O3/c1-29(2,3)22-12-8-9-13-26(22)36-19-27(34)33(18-21-14-15-23(30)24(31)16-21)25(28(35)32-4)17-20-10-6-5-7-11-20/h5-16,25H,17-19H2,1-4H3,(H,32,35)/t25-/m1/s1. The van der Waals surface area contributed by atoms with Gasteiger partial charge < -0.3 is 15.0 Å². The lowest BCUT2D eigenvalue weighted by molar-refractivity contribution is -0.142. The molecule has 3 aromatic rings. The number of likely N-dealkylation sites (N-methyl/N-ethyl adjacent to an activating group) is 1. The minimum absolute atomic E-state index is 0.155. The summed E-state index contributed by atoms with van der Waals surface area (Å²) in [5.41, 5.74) is 2.55. The molecular formula is C29H32Cl2N2O3. The monoisotopic (exact) mass is 526 g/mol. The van der Waals surface area contributed by atoms with Crippen molar-refractivity contribution >= 4 is 35.0 Å². The fraction of sp³-hybridized carbons (Fsp3) is 0.310. The maximum atomic E-state index is 13.6. The van der Waals surface area contributed by atoms with Gasteiger partial charge in [-0.15, -0.1) is 0 Å². The van der Waals surface area contributed by atoms with Crippen molar-refractivity contribution in [2.45, 2.75) is 45.2 Å². The quantitative estimate of drug-likeness (QED) is 0.368. The van der Waals surface area contributed by atoms with Crippen LogP contribution in [0, 0.1) is 0 Å². The third-order valence-corrected chi connectivity index (χ3v) is 6.64. The van der Waals surface area contributed by atoms with E-state index < -0.39 is 6.04 Å². The van der Waals surface area contributed by atoms with E-state index in [1.54, 1.807) is 30.1 Å². The molecule has 0 unspecified atom stereocenters. The number of amides is 2. The van der Waals surface area contributed by atoms with Gasteiger partial charge in [-0.3, -0.25) is 9.59 Å². The second-order valence-corrected chi connectivity index (χ2v) is 10.4. The number of rotatable bonds is 9. The molecule has 3 rings (SSSR count). The molecule has 3 aromatic carbocycles. The molecule has 0 aromatic heterocycles. The number of nitrogens with zero attached hydrogens (tertiary/aromatic N) is 1. The summed E-state index contributed by atoms with van der Waals surface area (Å²) in [4.78, 5) is 28.2. The Balaban J connectivity index is 1.92. The van der Waals surface area contributed by atoms with Gasteiger partial charge in [0.1, 0.15) is 11.8 Å². The van der Waals surface area contributed by atoms with Gasteiger partial charge in [0.05, 0.1) is 10.0 Å². The van der Waals surface area contributed by atoms with Gasteiger partial charge in [-0.2, -0.15) is 0 Å². The zero-order valence-electron chi connectivity index (χ0n) is 21.1. The summed E-state index contributed by atoms with van der Waals surface area (Å²) < 4.78 is 6.03. The number of para-hydroxylation sites is 1. The zero-order valence-corrected chi connectivity index (χ0v) is 22.6. The van der Waals surface area contributed by atoms with Crippen LogP contribution in [0.25, 0.3) is 0 Å². The molecule has 0 spiro atoms. The maximum absolute atomic E-state index is 13.6. The van der Waals surface area contributed by atoms with Gasteiger partial charge in [0, 0.05) is 20.0 Å². The average Bonchev–Trinajstić information content (AvgIpc) is 2.86. The molecular weight excluding hydrogens is 495 g/mol. The van der Waals surface area contributed by atoms with Crippen LogP contribution in [0.2, 0.25) is 10.0 Å². The van der Waals surface area contributed by atoms with Gasteiger partial charge in [-0.05, 0) is 40.3 Å². The minimum atomic E-state index is -0.749. The highest BCUT2D eigenvalue weighted by Crippen LogP contribution is 2.31. The second-order valence-electron chi connectivity index (χ2n) is 9.62. The van der Waals surface area contributed by atoms with Crippen LogP contribution < -0.4 is 10.1 Å². The van der Waals surface area contributed by atoms with E-state index in [1.165, 1.54) is 0 Å². The molecule has 0 saturated heterocycles. The number of nitrogens with one attached hydrogen (secondary N) is 1. The number of hydrogen-bond acceptors (Lipinski definition) is 3. The summed E-state index contributed by atoms with van der Waals surface area (Å²) in [6.45, 7) is 6.24. The van der Waals surface area contributed by atoms with E-state index in [1.807, 2.05) is 54.6 Å². The summed E-state index contributed by atoms with van der Waals surface area (Å²) in [7, 11) is 1.57. The first-order chi connectivity index (χ1) is 17.1. The van der Waals surface area contributed by atoms with Gasteiger partial charge >= 0.3 is 0 Å². The smallest absolute Gasteiger partial charge is 0.261 e. The fourth-order valence-electron chi connectivity index (χ4n) is 3.99. The lowest BCUT2D eigenvalue weighted by Crippen LogP contribution is -2.51. The molecule has 1 atom stereocenters. The molecule has 0 bridgehead atoms. The van der Waals surface area contributed by atoms with E-state index >= 15 is 0 Å². The SMILES string of the molecule is CNC(=O)[C@@H](Cc1ccccc1)N(Cc1ccc(Cl)c(Cl)c1)C(=O)COc1ccccc1C(C)(C)C. The lowest BCUT2D eigenvalue weighted by atomic mass is 9.86. The van der Waals surface area contributed by atoms with E-state index in [0.29, 0.717) is 22.2 Å². The van der Waals surface area contributed by atoms with Gasteiger partial charge in [0.15, 0.2) is 6.61 Å². The lowest BCUT2D eigenvalue weighted by Gasteiger charge is -2.31. The first kappa shape index (κ1) is 27.6. The van der Waals surface area contributed by atoms with Crippen LogP contribution in [0.15, 0.2) is 72.8 Å². The molecule has 0 radical (unpaired) electrons. The molecule has 0 aliphatic rings. The third-order valence-electron chi connectivity index (χ3n) is 5.90. The van der Waals surface area contributed by atoms with Crippen LogP contribution in [-0.4, -0.2) is 36.4 Å². The van der Waals surface area contributed by atoms with Gasteiger partial charge in [-0.25, -0.2) is 0 Å². The summed E-state index contributed by atoms with van der Waals surface area (Å²) >= 11 is 12.3. The van der Waals surface area contributed by atoms with Crippen molar-refractivity contribution in [1.82, 2.24) is 10.2 Å². The number of carbonyl (C=O) groups excluding carboxylic acids is 2. The van der Waals surface area contributed by atoms with Crippen LogP contribution >= 0.6 is 23.2 Å². The Labute approximate surface area is 223 Å². The number of halogens is 2. The Morgan fingerprint density at radius 2 is 1.58 bits per heavy atom. The Kier molecular flexibility index (Phi) is 9.41. The Morgan fingerprint density at radius 3 is 2.22 bits per heavy atom. The number of ether oxygens (including phenoxy) is 1. The van der Waals surface area contributed by atoms with Gasteiger partial charge in [0.2, 0.25) is 5.91 Å². The molecule has 0 aliphatic carbocycles. The van der Waals surface area contributed by atoms with Crippen molar-refractivity contribution < 1.29 is 14.3 Å². The van der Waals surface area contributed by atoms with Gasteiger partial charge in [-0.1, -0.05) is 98.6 Å². The average molecular weight is 527 g/mol. The Bertz CT molecular complexity index is 1190. The van der Waals surface area contributed by atoms with E-state index in [0.717, 1.165) is 16.7 Å². The number of carbonyl (C=O) groups is 2. The van der Waals surface area contributed by atoms with E-state index in [4.69, 9.17) is 27.9 Å². The predicted molar refractivity (Wildman–Crippen MR) is 146 cm³/mol. The molecule has 5 nitrogen and oxygen atoms in total. The van der Waals surface area contributed by atoms with Crippen molar-refractivity contribution in [3.8, 4) is 5.75 Å². The largest absolute Gasteiger partial charge is 0.483 e. The van der Waals surface area contributed by atoms with Crippen LogP contribution in [-0.2, 0) is 28.0 Å². The number of hydrogen-bond donors (Lipinski definition) is 1. The Morgan fingerprint density at radius 1 is 0.917 bits per heavy atom. The minimum Gasteiger partial charge on any atom is -0.483 e. The van der Waals surface area contributed by atoms with E-state index in [-0.39, 0.29) is 30.4 Å². The topological polar surface area (TPSA) is 58.6 Å². The maximum Gasteiger partial charge on any atom is 0.261 e. The van der Waals surface area contributed by atoms with Crippen LogP contribution in [0.3, 0.4) is 0 Å². The predicted octanol–water partition coefficient (Wildman–Crippen LogP) is 6.06. The normalized spacial score (nSPS) is 12.1. The molecule has 190 valence electrons. The zero-order chi connectivity index (χ0) is 26.3. The highest BCUT2D eigenvalue weighted by molar-refractivity contribution is 6.42. The molecule has 1 N–H and O–H groups in total. The van der Waals surface area contributed by atoms with Crippen LogP contribution in [0.5, 0.6) is 5.75 Å². The third kappa shape index (κ3) is 7.25. The first-order valence-electron chi connectivity index (χ1n) is 11.8. The summed E-state index contributed by atoms with van der Waals surface area (Å²) in [6, 6.07) is 21.7. The molecule has 0 saturated carbocycles. The number of benzene rings is 3. The highest BCUT2D eigenvalue weighted by atomic mass is 35.5. The molecule has 0 fully saturated rings. The van der Waals surface area contributed by atoms with Crippen molar-refractivity contribution in [3.05, 3.63) is 99.5 Å². The van der Waals surface area contributed by atoms with Crippen molar-refractivity contribution in [2.75, 3.05) is 13.7 Å². The van der Waals surface area contributed by atoms with Crippen molar-refractivity contribution in [1.29, 1.82) is 0 Å². The van der Waals surface area contributed by atoms with Crippen LogP contribution in [0.1, 0.15) is 37.5 Å². The van der Waals surface area contributed by atoms with Crippen molar-refractivity contribution in [3.63, 3.8) is 0 Å². The van der Waals surface area contributed by atoms with Crippen LogP contribution in [0.4, 0.5) is 0 Å². The summed E-state index contributed by atoms with van der Waals surface area (Å²) in [5, 5.41) is 3.52. The van der Waals surface area contributed by atoms with E-state index in [2.05, 4.69) is 26.1 Å². The fourth-order valence-corrected chi connectivity index (χ4v) is 4.31. The molecule has 0 heterocycles. The Hall–Kier alpha value is -3.02. The first-order valence-corrected chi connectivity index (χ1v) is 12.6. The molecule has 36 heavy (non-hydrogen) atoms. The highest BCUT2D eigenvalue weighted by Gasteiger charge is 2.30. The summed E-state index contributed by atoms with van der Waals surface area (Å²) in [5.74, 6) is 0.0732. The second kappa shape index (κ2) is 12.3. The van der Waals surface area contributed by atoms with Crippen molar-refractivity contribution in [2.24, 2.45) is 0 Å². The summed E-state index contributed by atoms with van der Waals surface area (Å²) in [6.07, 6.45) is 0.353. The van der Waals surface area contributed by atoms with Gasteiger partial charge in [0.25, 0.3) is 5.91 Å².